The van der Waals surface area contributed by atoms with E-state index in [1.807, 2.05) is 13.8 Å². The third kappa shape index (κ3) is 6.23. The smallest absolute Gasteiger partial charge is 0.307 e. The molecule has 0 amide bonds. The number of likely N-dealkylation sites (tertiary alicyclic amines) is 1. The lowest BCUT2D eigenvalue weighted by molar-refractivity contribution is -0.143. The number of esters is 1. The van der Waals surface area contributed by atoms with Crippen molar-refractivity contribution < 1.29 is 14.6 Å². The Morgan fingerprint density at radius 2 is 2.05 bits per heavy atom. The monoisotopic (exact) mass is 314 g/mol. The summed E-state index contributed by atoms with van der Waals surface area (Å²) in [5.41, 5.74) is -0.0545. The van der Waals surface area contributed by atoms with E-state index in [1.54, 1.807) is 0 Å². The van der Waals surface area contributed by atoms with Crippen molar-refractivity contribution in [2.75, 3.05) is 32.8 Å². The quantitative estimate of drug-likeness (QED) is 0.635. The van der Waals surface area contributed by atoms with Gasteiger partial charge >= 0.3 is 5.97 Å². The Bertz CT molecular complexity index is 328. The third-order valence-corrected chi connectivity index (χ3v) is 5.14. The van der Waals surface area contributed by atoms with Gasteiger partial charge in [-0.25, -0.2) is 0 Å². The maximum absolute atomic E-state index is 11.4. The number of carbonyl (C=O) groups is 1. The molecular formula is C17H34N2O3. The van der Waals surface area contributed by atoms with Gasteiger partial charge in [-0.3, -0.25) is 4.79 Å². The van der Waals surface area contributed by atoms with Crippen molar-refractivity contribution in [2.45, 2.75) is 65.5 Å². The second-order valence-corrected chi connectivity index (χ2v) is 6.74. The molecule has 0 saturated carbocycles. The number of hydrogen-bond donors (Lipinski definition) is 2. The van der Waals surface area contributed by atoms with Gasteiger partial charge in [-0.1, -0.05) is 13.8 Å². The van der Waals surface area contributed by atoms with Gasteiger partial charge in [0.1, 0.15) is 0 Å². The molecule has 0 bridgehead atoms. The molecule has 5 heteroatoms. The molecule has 0 spiro atoms. The van der Waals surface area contributed by atoms with E-state index in [9.17, 15) is 9.90 Å². The number of nitrogens with zero attached hydrogens (tertiary/aromatic N) is 1. The largest absolute Gasteiger partial charge is 0.466 e. The average Bonchev–Trinajstić information content (AvgIpc) is 2.51. The fourth-order valence-corrected chi connectivity index (χ4v) is 2.79. The molecule has 2 unspecified atom stereocenters. The molecular weight excluding hydrogens is 280 g/mol. The van der Waals surface area contributed by atoms with Gasteiger partial charge in [-0.2, -0.15) is 0 Å². The highest BCUT2D eigenvalue weighted by Gasteiger charge is 2.29. The second kappa shape index (κ2) is 9.48. The highest BCUT2D eigenvalue weighted by molar-refractivity contribution is 5.69. The van der Waals surface area contributed by atoms with Crippen LogP contribution in [0.5, 0.6) is 0 Å². The van der Waals surface area contributed by atoms with Crippen LogP contribution in [0.15, 0.2) is 0 Å². The van der Waals surface area contributed by atoms with E-state index >= 15 is 0 Å². The van der Waals surface area contributed by atoms with Crippen LogP contribution in [0.4, 0.5) is 0 Å². The highest BCUT2D eigenvalue weighted by atomic mass is 16.5. The molecule has 0 aromatic heterocycles. The molecule has 1 rings (SSSR count). The van der Waals surface area contributed by atoms with Crippen LogP contribution in [0, 0.1) is 5.41 Å². The van der Waals surface area contributed by atoms with E-state index in [4.69, 9.17) is 4.74 Å². The first-order chi connectivity index (χ1) is 10.4. The molecule has 0 aliphatic carbocycles. The number of rotatable bonds is 9. The van der Waals surface area contributed by atoms with E-state index in [0.29, 0.717) is 19.1 Å². The summed E-state index contributed by atoms with van der Waals surface area (Å²) in [5.74, 6) is -0.0987. The highest BCUT2D eigenvalue weighted by Crippen LogP contribution is 2.25. The number of nitrogens with one attached hydrogen (secondary N) is 1. The van der Waals surface area contributed by atoms with Gasteiger partial charge in [0.15, 0.2) is 0 Å². The van der Waals surface area contributed by atoms with E-state index in [1.165, 1.54) is 0 Å². The van der Waals surface area contributed by atoms with Crippen LogP contribution in [-0.2, 0) is 9.53 Å². The maximum atomic E-state index is 11.4. The van der Waals surface area contributed by atoms with Crippen molar-refractivity contribution in [3.63, 3.8) is 0 Å². The molecule has 22 heavy (non-hydrogen) atoms. The van der Waals surface area contributed by atoms with Crippen LogP contribution in [0.1, 0.15) is 53.4 Å². The van der Waals surface area contributed by atoms with Crippen molar-refractivity contribution >= 4 is 5.97 Å². The lowest BCUT2D eigenvalue weighted by Gasteiger charge is -2.37. The Labute approximate surface area is 135 Å². The number of ether oxygens (including phenoxy) is 1. The Kier molecular flexibility index (Phi) is 8.36. The molecule has 2 N–H and O–H groups in total. The summed E-state index contributed by atoms with van der Waals surface area (Å²) in [4.78, 5) is 13.7. The topological polar surface area (TPSA) is 61.8 Å². The summed E-state index contributed by atoms with van der Waals surface area (Å²) in [6.45, 7) is 12.1. The molecule has 1 aliphatic rings. The second-order valence-electron chi connectivity index (χ2n) is 6.74. The SMILES string of the molecule is CCOC(=O)CCN1CCC(NCC(C)(CC)C(C)O)CC1. The minimum Gasteiger partial charge on any atom is -0.466 e. The van der Waals surface area contributed by atoms with Crippen molar-refractivity contribution in [1.29, 1.82) is 0 Å². The number of piperidine rings is 1. The van der Waals surface area contributed by atoms with Crippen LogP contribution in [0.3, 0.4) is 0 Å². The van der Waals surface area contributed by atoms with Crippen LogP contribution in [0.2, 0.25) is 0 Å². The summed E-state index contributed by atoms with van der Waals surface area (Å²) in [5, 5.41) is 13.5. The molecule has 1 heterocycles. The predicted octanol–water partition coefficient (Wildman–Crippen LogP) is 1.79. The van der Waals surface area contributed by atoms with Gasteiger partial charge in [0.25, 0.3) is 0 Å². The van der Waals surface area contributed by atoms with Gasteiger partial charge in [-0.15, -0.1) is 0 Å². The first-order valence-electron chi connectivity index (χ1n) is 8.70. The number of aliphatic hydroxyl groups excluding tert-OH is 1. The lowest BCUT2D eigenvalue weighted by Crippen LogP contribution is -2.48. The molecule has 0 radical (unpaired) electrons. The number of hydrogen-bond acceptors (Lipinski definition) is 5. The van der Waals surface area contributed by atoms with Gasteiger partial charge in [0.05, 0.1) is 19.1 Å². The van der Waals surface area contributed by atoms with Gasteiger partial charge in [-0.05, 0) is 46.2 Å². The number of aliphatic hydroxyl groups is 1. The fraction of sp³-hybridized carbons (Fsp3) is 0.941. The van der Waals surface area contributed by atoms with E-state index in [2.05, 4.69) is 24.1 Å². The molecule has 1 aliphatic heterocycles. The molecule has 130 valence electrons. The predicted molar refractivity (Wildman–Crippen MR) is 88.8 cm³/mol. The molecule has 0 aromatic carbocycles. The minimum atomic E-state index is -0.297. The fourth-order valence-electron chi connectivity index (χ4n) is 2.79. The van der Waals surface area contributed by atoms with E-state index < -0.39 is 0 Å². The normalized spacial score (nSPS) is 21.3. The first kappa shape index (κ1) is 19.4. The zero-order valence-corrected chi connectivity index (χ0v) is 14.7. The van der Waals surface area contributed by atoms with Gasteiger partial charge in [0.2, 0.25) is 0 Å². The van der Waals surface area contributed by atoms with Crippen LogP contribution in [-0.4, -0.2) is 60.9 Å². The summed E-state index contributed by atoms with van der Waals surface area (Å²) in [6, 6.07) is 0.517. The van der Waals surface area contributed by atoms with Crippen molar-refractivity contribution in [3.05, 3.63) is 0 Å². The molecule has 1 fully saturated rings. The van der Waals surface area contributed by atoms with Crippen molar-refractivity contribution in [3.8, 4) is 0 Å². The maximum Gasteiger partial charge on any atom is 0.307 e. The first-order valence-corrected chi connectivity index (χ1v) is 8.70. The molecule has 0 aromatic rings. The summed E-state index contributed by atoms with van der Waals surface area (Å²) in [7, 11) is 0. The van der Waals surface area contributed by atoms with Crippen molar-refractivity contribution in [2.24, 2.45) is 5.41 Å². The van der Waals surface area contributed by atoms with Gasteiger partial charge in [0, 0.05) is 24.5 Å². The molecule has 2 atom stereocenters. The number of carbonyl (C=O) groups excluding carboxylic acids is 1. The average molecular weight is 314 g/mol. The Morgan fingerprint density at radius 1 is 1.41 bits per heavy atom. The van der Waals surface area contributed by atoms with Crippen molar-refractivity contribution in [1.82, 2.24) is 10.2 Å². The summed E-state index contributed by atoms with van der Waals surface area (Å²) in [6.07, 6.45) is 3.36. The standard InChI is InChI=1S/C17H34N2O3/c1-5-17(4,14(3)20)13-18-15-7-10-19(11-8-15)12-9-16(21)22-6-2/h14-15,18,20H,5-13H2,1-4H3. The zero-order chi connectivity index (χ0) is 16.6. The molecule has 1 saturated heterocycles. The van der Waals surface area contributed by atoms with Crippen LogP contribution >= 0.6 is 0 Å². The third-order valence-electron chi connectivity index (χ3n) is 5.14. The zero-order valence-electron chi connectivity index (χ0n) is 14.7. The molecule has 5 nitrogen and oxygen atoms in total. The lowest BCUT2D eigenvalue weighted by atomic mass is 9.82. The Morgan fingerprint density at radius 3 is 2.55 bits per heavy atom. The minimum absolute atomic E-state index is 0.0545. The Hall–Kier alpha value is -0.650. The van der Waals surface area contributed by atoms with E-state index in [-0.39, 0.29) is 17.5 Å². The summed E-state index contributed by atoms with van der Waals surface area (Å²) < 4.78 is 4.96. The van der Waals surface area contributed by atoms with Crippen LogP contribution in [0.25, 0.3) is 0 Å². The van der Waals surface area contributed by atoms with Gasteiger partial charge < -0.3 is 20.1 Å². The Balaban J connectivity index is 2.24. The van der Waals surface area contributed by atoms with Crippen LogP contribution < -0.4 is 5.32 Å². The van der Waals surface area contributed by atoms with E-state index in [0.717, 1.165) is 45.4 Å². The summed E-state index contributed by atoms with van der Waals surface area (Å²) >= 11 is 0.